The Morgan fingerprint density at radius 2 is 1.86 bits per heavy atom. The fraction of sp³-hybridized carbons (Fsp3) is 0. The number of aromatic carboxylic acids is 1. The number of hydrogen-bond acceptors (Lipinski definition) is 2. The topological polar surface area (TPSA) is 55.1 Å². The van der Waals surface area contributed by atoms with Crippen molar-refractivity contribution in [3.8, 4) is 16.9 Å². The van der Waals surface area contributed by atoms with Crippen LogP contribution in [0.25, 0.3) is 16.9 Å². The van der Waals surface area contributed by atoms with Gasteiger partial charge in [-0.3, -0.25) is 4.57 Å². The van der Waals surface area contributed by atoms with Gasteiger partial charge in [-0.05, 0) is 18.2 Å². The van der Waals surface area contributed by atoms with Crippen molar-refractivity contribution in [3.05, 3.63) is 71.6 Å². The Labute approximate surface area is 126 Å². The standard InChI is InChI=1S/C16H11ClN2O2/c17-12-7-4-8-13(9-12)19-10-18-14(16(20)21)15(19)11-5-2-1-3-6-11/h1-10H,(H,20,21). The highest BCUT2D eigenvalue weighted by atomic mass is 35.5. The predicted molar refractivity (Wildman–Crippen MR) is 81.0 cm³/mol. The fourth-order valence-electron chi connectivity index (χ4n) is 2.20. The number of rotatable bonds is 3. The molecule has 0 saturated carbocycles. The van der Waals surface area contributed by atoms with Crippen molar-refractivity contribution in [3.63, 3.8) is 0 Å². The summed E-state index contributed by atoms with van der Waals surface area (Å²) < 4.78 is 1.73. The molecule has 0 aliphatic heterocycles. The minimum Gasteiger partial charge on any atom is -0.476 e. The van der Waals surface area contributed by atoms with Crippen LogP contribution in [-0.4, -0.2) is 20.6 Å². The molecule has 5 heteroatoms. The number of halogens is 1. The van der Waals surface area contributed by atoms with Gasteiger partial charge in [0.25, 0.3) is 0 Å². The van der Waals surface area contributed by atoms with Gasteiger partial charge in [0.1, 0.15) is 6.33 Å². The fourth-order valence-corrected chi connectivity index (χ4v) is 2.38. The molecule has 0 aliphatic carbocycles. The molecule has 21 heavy (non-hydrogen) atoms. The van der Waals surface area contributed by atoms with Crippen LogP contribution in [0.1, 0.15) is 10.5 Å². The van der Waals surface area contributed by atoms with Crippen LogP contribution < -0.4 is 0 Å². The second-order valence-electron chi connectivity index (χ2n) is 4.46. The number of hydrogen-bond donors (Lipinski definition) is 1. The Balaban J connectivity index is 2.25. The van der Waals surface area contributed by atoms with Gasteiger partial charge in [0.05, 0.1) is 5.69 Å². The summed E-state index contributed by atoms with van der Waals surface area (Å²) in [5.74, 6) is -1.06. The Bertz CT molecular complexity index is 797. The van der Waals surface area contributed by atoms with Crippen molar-refractivity contribution in [1.29, 1.82) is 0 Å². The average Bonchev–Trinajstić information content (AvgIpc) is 2.93. The number of aromatic nitrogens is 2. The van der Waals surface area contributed by atoms with Crippen molar-refractivity contribution in [1.82, 2.24) is 9.55 Å². The SMILES string of the molecule is O=C(O)c1ncn(-c2cccc(Cl)c2)c1-c1ccccc1. The van der Waals surface area contributed by atoms with E-state index in [2.05, 4.69) is 4.98 Å². The molecule has 0 spiro atoms. The summed E-state index contributed by atoms with van der Waals surface area (Å²) in [6.07, 6.45) is 1.50. The molecular weight excluding hydrogens is 288 g/mol. The Hall–Kier alpha value is -2.59. The average molecular weight is 299 g/mol. The maximum Gasteiger partial charge on any atom is 0.356 e. The van der Waals surface area contributed by atoms with Crippen LogP contribution in [0.3, 0.4) is 0 Å². The highest BCUT2D eigenvalue weighted by Crippen LogP contribution is 2.27. The van der Waals surface area contributed by atoms with Gasteiger partial charge >= 0.3 is 5.97 Å². The molecule has 0 fully saturated rings. The highest BCUT2D eigenvalue weighted by molar-refractivity contribution is 6.30. The van der Waals surface area contributed by atoms with Gasteiger partial charge in [-0.15, -0.1) is 0 Å². The highest BCUT2D eigenvalue weighted by Gasteiger charge is 2.19. The Morgan fingerprint density at radius 1 is 1.10 bits per heavy atom. The Morgan fingerprint density at radius 3 is 2.52 bits per heavy atom. The van der Waals surface area contributed by atoms with Crippen LogP contribution in [0.4, 0.5) is 0 Å². The lowest BCUT2D eigenvalue weighted by Crippen LogP contribution is -2.02. The lowest BCUT2D eigenvalue weighted by Gasteiger charge is -2.09. The molecule has 3 rings (SSSR count). The van der Waals surface area contributed by atoms with Crippen molar-refractivity contribution in [2.75, 3.05) is 0 Å². The van der Waals surface area contributed by atoms with Crippen LogP contribution in [0.2, 0.25) is 5.02 Å². The Kier molecular flexibility index (Phi) is 3.46. The summed E-state index contributed by atoms with van der Waals surface area (Å²) in [6, 6.07) is 16.5. The summed E-state index contributed by atoms with van der Waals surface area (Å²) in [5, 5.41) is 9.92. The molecule has 1 heterocycles. The van der Waals surface area contributed by atoms with Gasteiger partial charge in [0, 0.05) is 16.3 Å². The largest absolute Gasteiger partial charge is 0.476 e. The molecule has 0 bridgehead atoms. The number of nitrogens with zero attached hydrogens (tertiary/aromatic N) is 2. The lowest BCUT2D eigenvalue weighted by molar-refractivity contribution is 0.0692. The normalized spacial score (nSPS) is 10.5. The molecule has 0 atom stereocenters. The second kappa shape index (κ2) is 5.42. The first kappa shape index (κ1) is 13.4. The summed E-state index contributed by atoms with van der Waals surface area (Å²) in [4.78, 5) is 15.4. The summed E-state index contributed by atoms with van der Waals surface area (Å²) in [5.41, 5.74) is 2.10. The minimum absolute atomic E-state index is 0.0150. The number of imidazole rings is 1. The minimum atomic E-state index is -1.06. The predicted octanol–water partition coefficient (Wildman–Crippen LogP) is 3.89. The number of carboxylic acids is 1. The smallest absolute Gasteiger partial charge is 0.356 e. The van der Waals surface area contributed by atoms with Crippen LogP contribution >= 0.6 is 11.6 Å². The van der Waals surface area contributed by atoms with Crippen LogP contribution in [0.15, 0.2) is 60.9 Å². The number of benzene rings is 2. The van der Waals surface area contributed by atoms with E-state index in [9.17, 15) is 9.90 Å². The van der Waals surface area contributed by atoms with Crippen molar-refractivity contribution in [2.24, 2.45) is 0 Å². The monoisotopic (exact) mass is 298 g/mol. The molecular formula is C16H11ClN2O2. The number of carbonyl (C=O) groups is 1. The van der Waals surface area contributed by atoms with Crippen LogP contribution in [-0.2, 0) is 0 Å². The first-order valence-electron chi connectivity index (χ1n) is 6.29. The van der Waals surface area contributed by atoms with E-state index in [1.807, 2.05) is 42.5 Å². The number of carboxylic acid groups (broad SMARTS) is 1. The molecule has 1 N–H and O–H groups in total. The zero-order valence-electron chi connectivity index (χ0n) is 10.9. The van der Waals surface area contributed by atoms with E-state index in [1.165, 1.54) is 6.33 Å². The molecule has 104 valence electrons. The molecule has 2 aromatic carbocycles. The van der Waals surface area contributed by atoms with Crippen LogP contribution in [0, 0.1) is 0 Å². The molecule has 0 amide bonds. The van der Waals surface area contributed by atoms with Gasteiger partial charge < -0.3 is 5.11 Å². The molecule has 0 unspecified atom stereocenters. The van der Waals surface area contributed by atoms with E-state index in [1.54, 1.807) is 16.7 Å². The van der Waals surface area contributed by atoms with E-state index >= 15 is 0 Å². The van der Waals surface area contributed by atoms with E-state index in [0.29, 0.717) is 10.7 Å². The zero-order chi connectivity index (χ0) is 14.8. The third-order valence-corrected chi connectivity index (χ3v) is 3.34. The maximum absolute atomic E-state index is 11.4. The van der Waals surface area contributed by atoms with E-state index in [-0.39, 0.29) is 5.69 Å². The molecule has 0 radical (unpaired) electrons. The van der Waals surface area contributed by atoms with Crippen molar-refractivity contribution in [2.45, 2.75) is 0 Å². The van der Waals surface area contributed by atoms with Crippen molar-refractivity contribution < 1.29 is 9.90 Å². The van der Waals surface area contributed by atoms with Gasteiger partial charge in [0.15, 0.2) is 5.69 Å². The lowest BCUT2D eigenvalue weighted by atomic mass is 10.1. The maximum atomic E-state index is 11.4. The van der Waals surface area contributed by atoms with Crippen LogP contribution in [0.5, 0.6) is 0 Å². The second-order valence-corrected chi connectivity index (χ2v) is 4.90. The molecule has 3 aromatic rings. The first-order valence-corrected chi connectivity index (χ1v) is 6.66. The third-order valence-electron chi connectivity index (χ3n) is 3.10. The van der Waals surface area contributed by atoms with Gasteiger partial charge in [-0.25, -0.2) is 9.78 Å². The first-order chi connectivity index (χ1) is 10.2. The van der Waals surface area contributed by atoms with Gasteiger partial charge in [-0.1, -0.05) is 48.0 Å². The molecule has 0 aliphatic rings. The van der Waals surface area contributed by atoms with Gasteiger partial charge in [0.2, 0.25) is 0 Å². The summed E-state index contributed by atoms with van der Waals surface area (Å²) >= 11 is 6.01. The third kappa shape index (κ3) is 2.53. The van der Waals surface area contributed by atoms with E-state index in [4.69, 9.17) is 11.6 Å². The van der Waals surface area contributed by atoms with E-state index < -0.39 is 5.97 Å². The summed E-state index contributed by atoms with van der Waals surface area (Å²) in [7, 11) is 0. The van der Waals surface area contributed by atoms with Crippen molar-refractivity contribution >= 4 is 17.6 Å². The van der Waals surface area contributed by atoms with E-state index in [0.717, 1.165) is 11.3 Å². The van der Waals surface area contributed by atoms with Gasteiger partial charge in [-0.2, -0.15) is 0 Å². The quantitative estimate of drug-likeness (QED) is 0.798. The zero-order valence-corrected chi connectivity index (χ0v) is 11.7. The summed E-state index contributed by atoms with van der Waals surface area (Å²) in [6.45, 7) is 0. The molecule has 1 aromatic heterocycles. The molecule has 4 nitrogen and oxygen atoms in total. The molecule has 0 saturated heterocycles.